The predicted octanol–water partition coefficient (Wildman–Crippen LogP) is 2.81. The summed E-state index contributed by atoms with van der Waals surface area (Å²) >= 11 is 0. The normalized spacial score (nSPS) is 20.4. The Balaban J connectivity index is 1.45. The van der Waals surface area contributed by atoms with Crippen molar-refractivity contribution in [3.63, 3.8) is 0 Å². The average Bonchev–Trinajstić information content (AvgIpc) is 3.16. The van der Waals surface area contributed by atoms with Crippen LogP contribution in [-0.2, 0) is 13.0 Å². The van der Waals surface area contributed by atoms with Gasteiger partial charge in [-0.3, -0.25) is 4.79 Å². The highest BCUT2D eigenvalue weighted by Gasteiger charge is 2.26. The van der Waals surface area contributed by atoms with E-state index < -0.39 is 0 Å². The predicted molar refractivity (Wildman–Crippen MR) is 95.3 cm³/mol. The molecule has 6 nitrogen and oxygen atoms in total. The van der Waals surface area contributed by atoms with Gasteiger partial charge in [0.15, 0.2) is 5.82 Å². The van der Waals surface area contributed by atoms with Crippen molar-refractivity contribution in [2.45, 2.75) is 57.5 Å². The molecule has 1 aromatic heterocycles. The molecule has 0 aliphatic heterocycles. The summed E-state index contributed by atoms with van der Waals surface area (Å²) in [7, 11) is 1.64. The first kappa shape index (κ1) is 17.6. The Labute approximate surface area is 148 Å². The number of benzene rings is 1. The molecule has 0 bridgehead atoms. The van der Waals surface area contributed by atoms with Crippen LogP contribution in [0.15, 0.2) is 28.8 Å². The maximum Gasteiger partial charge on any atom is 0.251 e. The molecule has 1 aliphatic carbocycles. The molecule has 0 atom stereocenters. The SMILES string of the molecule is CCc1noc(C2CCC(NCc3ccc(C(=O)NC)cc3)CC2)n1. The molecule has 0 radical (unpaired) electrons. The molecule has 1 heterocycles. The van der Waals surface area contributed by atoms with Crippen LogP contribution in [0.1, 0.15) is 66.2 Å². The molecular weight excluding hydrogens is 316 g/mol. The second kappa shape index (κ2) is 8.25. The second-order valence-electron chi connectivity index (χ2n) is 6.61. The monoisotopic (exact) mass is 342 g/mol. The van der Waals surface area contributed by atoms with Crippen LogP contribution in [0.2, 0.25) is 0 Å². The van der Waals surface area contributed by atoms with E-state index in [0.717, 1.165) is 50.4 Å². The van der Waals surface area contributed by atoms with Gasteiger partial charge in [-0.15, -0.1) is 0 Å². The molecule has 3 rings (SSSR count). The zero-order chi connectivity index (χ0) is 17.6. The number of aromatic nitrogens is 2. The maximum absolute atomic E-state index is 11.6. The smallest absolute Gasteiger partial charge is 0.251 e. The van der Waals surface area contributed by atoms with Gasteiger partial charge >= 0.3 is 0 Å². The summed E-state index contributed by atoms with van der Waals surface area (Å²) in [4.78, 5) is 16.0. The third-order valence-electron chi connectivity index (χ3n) is 4.91. The van der Waals surface area contributed by atoms with E-state index in [1.54, 1.807) is 7.05 Å². The third kappa shape index (κ3) is 4.45. The van der Waals surface area contributed by atoms with Gasteiger partial charge in [-0.2, -0.15) is 4.98 Å². The van der Waals surface area contributed by atoms with E-state index in [4.69, 9.17) is 4.52 Å². The highest BCUT2D eigenvalue weighted by Crippen LogP contribution is 2.32. The quantitative estimate of drug-likeness (QED) is 0.844. The van der Waals surface area contributed by atoms with Crippen molar-refractivity contribution in [1.29, 1.82) is 0 Å². The summed E-state index contributed by atoms with van der Waals surface area (Å²) in [5.74, 6) is 1.96. The van der Waals surface area contributed by atoms with Crippen LogP contribution < -0.4 is 10.6 Å². The standard InChI is InChI=1S/C19H26N4O2/c1-3-17-22-19(25-23-17)15-8-10-16(11-9-15)21-12-13-4-6-14(7-5-13)18(24)20-2/h4-7,15-16,21H,3,8-12H2,1-2H3,(H,20,24). The minimum Gasteiger partial charge on any atom is -0.355 e. The van der Waals surface area contributed by atoms with E-state index in [-0.39, 0.29) is 5.91 Å². The van der Waals surface area contributed by atoms with Crippen LogP contribution in [0.3, 0.4) is 0 Å². The van der Waals surface area contributed by atoms with E-state index in [1.807, 2.05) is 31.2 Å². The second-order valence-corrected chi connectivity index (χ2v) is 6.61. The Morgan fingerprint density at radius 1 is 1.20 bits per heavy atom. The first-order valence-electron chi connectivity index (χ1n) is 9.06. The molecule has 1 fully saturated rings. The van der Waals surface area contributed by atoms with Crippen LogP contribution in [0.4, 0.5) is 0 Å². The van der Waals surface area contributed by atoms with Crippen molar-refractivity contribution in [3.8, 4) is 0 Å². The van der Waals surface area contributed by atoms with Crippen molar-refractivity contribution >= 4 is 5.91 Å². The Bertz CT molecular complexity index is 688. The van der Waals surface area contributed by atoms with Gasteiger partial charge in [0.05, 0.1) is 0 Å². The van der Waals surface area contributed by atoms with Gasteiger partial charge in [0.1, 0.15) is 0 Å². The number of carbonyl (C=O) groups is 1. The van der Waals surface area contributed by atoms with Gasteiger partial charge in [-0.05, 0) is 43.4 Å². The van der Waals surface area contributed by atoms with E-state index >= 15 is 0 Å². The Morgan fingerprint density at radius 3 is 2.52 bits per heavy atom. The molecule has 134 valence electrons. The fourth-order valence-electron chi connectivity index (χ4n) is 3.30. The lowest BCUT2D eigenvalue weighted by molar-refractivity contribution is 0.0963. The fraction of sp³-hybridized carbons (Fsp3) is 0.526. The minimum absolute atomic E-state index is 0.0508. The Morgan fingerprint density at radius 2 is 1.92 bits per heavy atom. The van der Waals surface area contributed by atoms with Crippen LogP contribution in [0.25, 0.3) is 0 Å². The first-order valence-corrected chi connectivity index (χ1v) is 9.06. The molecule has 2 N–H and O–H groups in total. The number of nitrogens with one attached hydrogen (secondary N) is 2. The number of hydrogen-bond donors (Lipinski definition) is 2. The molecule has 0 spiro atoms. The van der Waals surface area contributed by atoms with E-state index in [0.29, 0.717) is 17.5 Å². The van der Waals surface area contributed by atoms with Crippen molar-refractivity contribution in [3.05, 3.63) is 47.1 Å². The Kier molecular flexibility index (Phi) is 5.81. The molecule has 6 heteroatoms. The zero-order valence-electron chi connectivity index (χ0n) is 14.9. The number of amides is 1. The average molecular weight is 342 g/mol. The number of rotatable bonds is 6. The summed E-state index contributed by atoms with van der Waals surface area (Å²) in [6.07, 6.45) is 5.21. The van der Waals surface area contributed by atoms with Gasteiger partial charge in [0.25, 0.3) is 5.91 Å². The van der Waals surface area contributed by atoms with Gasteiger partial charge in [-0.1, -0.05) is 24.2 Å². The summed E-state index contributed by atoms with van der Waals surface area (Å²) in [6.45, 7) is 2.86. The lowest BCUT2D eigenvalue weighted by Gasteiger charge is -2.27. The van der Waals surface area contributed by atoms with Crippen LogP contribution >= 0.6 is 0 Å². The number of carbonyl (C=O) groups excluding carboxylic acids is 1. The lowest BCUT2D eigenvalue weighted by atomic mass is 9.86. The van der Waals surface area contributed by atoms with Crippen molar-refractivity contribution in [2.24, 2.45) is 0 Å². The highest BCUT2D eigenvalue weighted by atomic mass is 16.5. The molecule has 1 aromatic carbocycles. The maximum atomic E-state index is 11.6. The molecular formula is C19H26N4O2. The lowest BCUT2D eigenvalue weighted by Crippen LogP contribution is -2.32. The Hall–Kier alpha value is -2.21. The van der Waals surface area contributed by atoms with E-state index in [9.17, 15) is 4.79 Å². The van der Waals surface area contributed by atoms with Crippen molar-refractivity contribution in [2.75, 3.05) is 7.05 Å². The molecule has 2 aromatic rings. The molecule has 1 saturated carbocycles. The van der Waals surface area contributed by atoms with Crippen LogP contribution in [-0.4, -0.2) is 29.1 Å². The zero-order valence-corrected chi connectivity index (χ0v) is 14.9. The molecule has 1 amide bonds. The summed E-state index contributed by atoms with van der Waals surface area (Å²) in [6, 6.07) is 8.27. The minimum atomic E-state index is -0.0508. The van der Waals surface area contributed by atoms with Gasteiger partial charge in [-0.25, -0.2) is 0 Å². The molecule has 0 saturated heterocycles. The van der Waals surface area contributed by atoms with Gasteiger partial charge < -0.3 is 15.2 Å². The highest BCUT2D eigenvalue weighted by molar-refractivity contribution is 5.93. The molecule has 0 unspecified atom stereocenters. The summed E-state index contributed by atoms with van der Waals surface area (Å²) in [5.41, 5.74) is 1.89. The first-order chi connectivity index (χ1) is 12.2. The molecule has 25 heavy (non-hydrogen) atoms. The van der Waals surface area contributed by atoms with E-state index in [1.165, 1.54) is 5.56 Å². The van der Waals surface area contributed by atoms with E-state index in [2.05, 4.69) is 20.8 Å². The summed E-state index contributed by atoms with van der Waals surface area (Å²) < 4.78 is 5.39. The van der Waals surface area contributed by atoms with Crippen molar-refractivity contribution < 1.29 is 9.32 Å². The topological polar surface area (TPSA) is 80.0 Å². The molecule has 1 aliphatic rings. The number of hydrogen-bond acceptors (Lipinski definition) is 5. The third-order valence-corrected chi connectivity index (χ3v) is 4.91. The van der Waals surface area contributed by atoms with Gasteiger partial charge in [0, 0.05) is 37.5 Å². The van der Waals surface area contributed by atoms with Crippen LogP contribution in [0, 0.1) is 0 Å². The largest absolute Gasteiger partial charge is 0.355 e. The van der Waals surface area contributed by atoms with Crippen LogP contribution in [0.5, 0.6) is 0 Å². The summed E-state index contributed by atoms with van der Waals surface area (Å²) in [5, 5.41) is 10.3. The number of aryl methyl sites for hydroxylation is 1. The number of nitrogens with zero attached hydrogens (tertiary/aromatic N) is 2. The van der Waals surface area contributed by atoms with Crippen molar-refractivity contribution in [1.82, 2.24) is 20.8 Å². The fourth-order valence-corrected chi connectivity index (χ4v) is 3.30. The van der Waals surface area contributed by atoms with Gasteiger partial charge in [0.2, 0.25) is 5.89 Å².